The van der Waals surface area contributed by atoms with Crippen LogP contribution in [0.4, 0.5) is 0 Å². The molecule has 8 nitrogen and oxygen atoms in total. The number of rotatable bonds is 8. The minimum atomic E-state index is -4.00. The molecule has 1 heterocycles. The maximum Gasteiger partial charge on any atom is 0.266 e. The minimum Gasteiger partial charge on any atom is -0.339 e. The number of benzene rings is 2. The van der Waals surface area contributed by atoms with Crippen molar-refractivity contribution in [2.24, 2.45) is 0 Å². The Morgan fingerprint density at radius 1 is 1.03 bits per heavy atom. The van der Waals surface area contributed by atoms with Crippen molar-refractivity contribution in [1.29, 1.82) is 0 Å². The Labute approximate surface area is 199 Å². The normalized spacial score (nSPS) is 14.5. The molecule has 2 aromatic rings. The lowest BCUT2D eigenvalue weighted by atomic mass is 10.1. The number of piperazine rings is 1. The van der Waals surface area contributed by atoms with Gasteiger partial charge >= 0.3 is 0 Å². The molecule has 1 aliphatic heterocycles. The van der Waals surface area contributed by atoms with Gasteiger partial charge in [-0.25, -0.2) is 8.42 Å². The summed E-state index contributed by atoms with van der Waals surface area (Å²) in [6.45, 7) is 1.65. The van der Waals surface area contributed by atoms with E-state index in [-0.39, 0.29) is 27.3 Å². The smallest absolute Gasteiger partial charge is 0.266 e. The third-order valence-electron chi connectivity index (χ3n) is 5.67. The average Bonchev–Trinajstić information content (AvgIpc) is 2.84. The second-order valence-corrected chi connectivity index (χ2v) is 10.1. The number of hydrogen-bond acceptors (Lipinski definition) is 5. The third-order valence-corrected chi connectivity index (χ3v) is 7.83. The van der Waals surface area contributed by atoms with E-state index < -0.39 is 10.0 Å². The Hall–Kier alpha value is -2.46. The molecule has 3 rings (SSSR count). The summed E-state index contributed by atoms with van der Waals surface area (Å²) in [4.78, 5) is 33.5. The highest BCUT2D eigenvalue weighted by Gasteiger charge is 2.28. The summed E-state index contributed by atoms with van der Waals surface area (Å²) in [5.41, 5.74) is 1.42. The second kappa shape index (κ2) is 11.1. The van der Waals surface area contributed by atoms with Crippen LogP contribution in [0.15, 0.2) is 53.4 Å². The predicted octanol–water partition coefficient (Wildman–Crippen LogP) is 2.83. The molecule has 1 fully saturated rings. The van der Waals surface area contributed by atoms with E-state index in [4.69, 9.17) is 16.4 Å². The molecule has 0 radical (unpaired) electrons. The fourth-order valence-corrected chi connectivity index (χ4v) is 5.13. The van der Waals surface area contributed by atoms with Crippen LogP contribution in [0.2, 0.25) is 5.02 Å². The zero-order chi connectivity index (χ0) is 24.0. The fraction of sp³-hybridized carbons (Fsp3) is 0.391. The van der Waals surface area contributed by atoms with Crippen LogP contribution in [0.3, 0.4) is 0 Å². The quantitative estimate of drug-likeness (QED) is 0.528. The molecule has 178 valence electrons. The van der Waals surface area contributed by atoms with E-state index in [0.29, 0.717) is 37.1 Å². The number of halogens is 1. The molecular weight excluding hydrogens is 466 g/mol. The van der Waals surface area contributed by atoms with E-state index in [1.54, 1.807) is 9.80 Å². The molecular formula is C23H28ClN3O5S. The maximum atomic E-state index is 13.0. The SMILES string of the molecule is CON(C)S(=O)(=O)c1cc(C(=O)N2CCN(C(=O)CCCc3ccccc3)CC2)ccc1Cl. The van der Waals surface area contributed by atoms with Crippen molar-refractivity contribution in [1.82, 2.24) is 14.3 Å². The van der Waals surface area contributed by atoms with Gasteiger partial charge in [0, 0.05) is 45.2 Å². The van der Waals surface area contributed by atoms with Crippen LogP contribution < -0.4 is 0 Å². The van der Waals surface area contributed by atoms with E-state index in [0.717, 1.165) is 12.8 Å². The van der Waals surface area contributed by atoms with Crippen molar-refractivity contribution in [3.63, 3.8) is 0 Å². The fourth-order valence-electron chi connectivity index (χ4n) is 3.66. The standard InChI is InChI=1S/C23H28ClN3O5S/c1-25(32-2)33(30,31)21-17-19(11-12-20(21)24)23(29)27-15-13-26(14-16-27)22(28)10-6-9-18-7-4-3-5-8-18/h3-5,7-8,11-12,17H,6,9-10,13-16H2,1-2H3. The van der Waals surface area contributed by atoms with Crippen LogP contribution in [0.1, 0.15) is 28.8 Å². The molecule has 33 heavy (non-hydrogen) atoms. The van der Waals surface area contributed by atoms with E-state index in [1.165, 1.54) is 37.9 Å². The van der Waals surface area contributed by atoms with Gasteiger partial charge in [0.25, 0.3) is 15.9 Å². The first-order valence-corrected chi connectivity index (χ1v) is 12.5. The van der Waals surface area contributed by atoms with Gasteiger partial charge in [-0.2, -0.15) is 0 Å². The van der Waals surface area contributed by atoms with Crippen LogP contribution in [-0.2, 0) is 26.1 Å². The number of amides is 2. The summed E-state index contributed by atoms with van der Waals surface area (Å²) >= 11 is 6.08. The zero-order valence-electron chi connectivity index (χ0n) is 18.7. The van der Waals surface area contributed by atoms with Crippen molar-refractivity contribution in [3.05, 3.63) is 64.7 Å². The zero-order valence-corrected chi connectivity index (χ0v) is 20.3. The molecule has 10 heteroatoms. The Bertz CT molecular complexity index is 1090. The highest BCUT2D eigenvalue weighted by atomic mass is 35.5. The highest BCUT2D eigenvalue weighted by Crippen LogP contribution is 2.26. The van der Waals surface area contributed by atoms with Crippen LogP contribution in [0, 0.1) is 0 Å². The van der Waals surface area contributed by atoms with Gasteiger partial charge in [-0.1, -0.05) is 46.4 Å². The molecule has 0 aromatic heterocycles. The van der Waals surface area contributed by atoms with Gasteiger partial charge in [-0.15, -0.1) is 0 Å². The molecule has 0 N–H and O–H groups in total. The molecule has 0 bridgehead atoms. The Morgan fingerprint density at radius 2 is 1.67 bits per heavy atom. The first-order valence-electron chi connectivity index (χ1n) is 10.7. The summed E-state index contributed by atoms with van der Waals surface area (Å²) in [5.74, 6) is -0.222. The first-order chi connectivity index (χ1) is 15.7. The molecule has 0 aliphatic carbocycles. The summed E-state index contributed by atoms with van der Waals surface area (Å²) in [6.07, 6.45) is 2.10. The molecule has 0 spiro atoms. The number of nitrogens with zero attached hydrogens (tertiary/aromatic N) is 3. The Kier molecular flexibility index (Phi) is 8.47. The van der Waals surface area contributed by atoms with E-state index in [9.17, 15) is 18.0 Å². The molecule has 2 amide bonds. The third kappa shape index (κ3) is 6.11. The van der Waals surface area contributed by atoms with E-state index in [1.807, 2.05) is 18.2 Å². The Balaban J connectivity index is 1.57. The largest absolute Gasteiger partial charge is 0.339 e. The monoisotopic (exact) mass is 493 g/mol. The number of hydroxylamine groups is 1. The average molecular weight is 494 g/mol. The highest BCUT2D eigenvalue weighted by molar-refractivity contribution is 7.89. The molecule has 0 atom stereocenters. The van der Waals surface area contributed by atoms with Crippen LogP contribution in [0.5, 0.6) is 0 Å². The van der Waals surface area contributed by atoms with Gasteiger partial charge in [0.05, 0.1) is 12.1 Å². The molecule has 1 aliphatic rings. The van der Waals surface area contributed by atoms with E-state index in [2.05, 4.69) is 12.1 Å². The summed E-state index contributed by atoms with van der Waals surface area (Å²) in [5, 5.41) is 0.00127. The second-order valence-electron chi connectivity index (χ2n) is 7.75. The van der Waals surface area contributed by atoms with Gasteiger partial charge in [-0.3, -0.25) is 14.4 Å². The van der Waals surface area contributed by atoms with Crippen molar-refractivity contribution in [2.75, 3.05) is 40.3 Å². The van der Waals surface area contributed by atoms with Crippen LogP contribution in [-0.4, -0.2) is 74.8 Å². The van der Waals surface area contributed by atoms with Crippen LogP contribution >= 0.6 is 11.6 Å². The van der Waals surface area contributed by atoms with Gasteiger partial charge in [0.2, 0.25) is 5.91 Å². The summed E-state index contributed by atoms with van der Waals surface area (Å²) in [6, 6.07) is 14.2. The Morgan fingerprint density at radius 3 is 2.30 bits per heavy atom. The topological polar surface area (TPSA) is 87.2 Å². The van der Waals surface area contributed by atoms with Crippen molar-refractivity contribution < 1.29 is 22.8 Å². The van der Waals surface area contributed by atoms with Crippen molar-refractivity contribution in [2.45, 2.75) is 24.2 Å². The first kappa shape index (κ1) is 25.2. The maximum absolute atomic E-state index is 13.0. The van der Waals surface area contributed by atoms with Crippen molar-refractivity contribution >= 4 is 33.4 Å². The van der Waals surface area contributed by atoms with Crippen LogP contribution in [0.25, 0.3) is 0 Å². The predicted molar refractivity (Wildman–Crippen MR) is 125 cm³/mol. The molecule has 0 saturated carbocycles. The number of carbonyl (C=O) groups excluding carboxylic acids is 2. The lowest BCUT2D eigenvalue weighted by Gasteiger charge is -2.35. The molecule has 0 unspecified atom stereocenters. The number of aryl methyl sites for hydroxylation is 1. The van der Waals surface area contributed by atoms with Gasteiger partial charge < -0.3 is 9.80 Å². The minimum absolute atomic E-state index is 0.00127. The molecule has 1 saturated heterocycles. The van der Waals surface area contributed by atoms with Crippen molar-refractivity contribution in [3.8, 4) is 0 Å². The van der Waals surface area contributed by atoms with Gasteiger partial charge in [0.15, 0.2) is 0 Å². The van der Waals surface area contributed by atoms with Gasteiger partial charge in [-0.05, 0) is 36.6 Å². The summed E-state index contributed by atoms with van der Waals surface area (Å²) < 4.78 is 25.8. The number of hydrogen-bond donors (Lipinski definition) is 0. The summed E-state index contributed by atoms with van der Waals surface area (Å²) in [7, 11) is -1.53. The number of sulfonamides is 1. The molecule has 2 aromatic carbocycles. The lowest BCUT2D eigenvalue weighted by Crippen LogP contribution is -2.50. The lowest BCUT2D eigenvalue weighted by molar-refractivity contribution is -0.132. The van der Waals surface area contributed by atoms with Gasteiger partial charge in [0.1, 0.15) is 4.90 Å². The number of carbonyl (C=O) groups is 2. The van der Waals surface area contributed by atoms with E-state index >= 15 is 0 Å².